The van der Waals surface area contributed by atoms with Gasteiger partial charge in [-0.15, -0.1) is 0 Å². The number of unbranched alkanes of at least 4 members (excludes halogenated alkanes) is 18. The highest BCUT2D eigenvalue weighted by atomic mass is 16.5. The summed E-state index contributed by atoms with van der Waals surface area (Å²) < 4.78 is 12.0. The number of rotatable bonds is 24. The van der Waals surface area contributed by atoms with Crippen molar-refractivity contribution in [1.82, 2.24) is 0 Å². The lowest BCUT2D eigenvalue weighted by Crippen LogP contribution is -2.03. The van der Waals surface area contributed by atoms with Gasteiger partial charge in [0.05, 0.1) is 24.3 Å². The predicted molar refractivity (Wildman–Crippen MR) is 159 cm³/mol. The van der Waals surface area contributed by atoms with Gasteiger partial charge in [0.15, 0.2) is 0 Å². The Bertz CT molecular complexity index is 755. The van der Waals surface area contributed by atoms with E-state index in [2.05, 4.69) is 25.7 Å². The van der Waals surface area contributed by atoms with E-state index in [1.54, 1.807) is 12.1 Å². The van der Waals surface area contributed by atoms with Crippen LogP contribution in [0.4, 0.5) is 0 Å². The van der Waals surface area contributed by atoms with Crippen LogP contribution in [0.5, 0.6) is 11.5 Å². The molecular weight excluding hydrogens is 472 g/mol. The molecule has 2 N–H and O–H groups in total. The number of benzene rings is 1. The van der Waals surface area contributed by atoms with Gasteiger partial charge in [-0.2, -0.15) is 0 Å². The summed E-state index contributed by atoms with van der Waals surface area (Å²) in [5.74, 6) is 6.54. The maximum absolute atomic E-state index is 9.22. The lowest BCUT2D eigenvalue weighted by molar-refractivity contribution is 0.295. The Morgan fingerprint density at radius 2 is 0.763 bits per heavy atom. The summed E-state index contributed by atoms with van der Waals surface area (Å²) in [4.78, 5) is 0. The van der Waals surface area contributed by atoms with Gasteiger partial charge in [-0.3, -0.25) is 0 Å². The first-order chi connectivity index (χ1) is 18.8. The smallest absolute Gasteiger partial charge is 0.136 e. The standard InChI is InChI=1S/C34H54O4/c1-3-5-7-9-11-13-15-17-19-21-27-37-33-29-32(24-26-36)34(30-31(33)23-25-35)38-28-22-20-18-16-14-12-10-8-6-4-2/h29-30,35-36H,3-22,27-28H2,1-2H3. The zero-order chi connectivity index (χ0) is 27.5. The van der Waals surface area contributed by atoms with E-state index < -0.39 is 0 Å². The molecule has 214 valence electrons. The van der Waals surface area contributed by atoms with Crippen LogP contribution in [-0.4, -0.2) is 23.4 Å². The van der Waals surface area contributed by atoms with Crippen LogP contribution in [0.25, 0.3) is 0 Å². The van der Waals surface area contributed by atoms with Crippen molar-refractivity contribution in [2.75, 3.05) is 13.2 Å². The van der Waals surface area contributed by atoms with E-state index in [0.29, 0.717) is 35.8 Å². The Kier molecular flexibility index (Phi) is 22.0. The monoisotopic (exact) mass is 526 g/mol. The molecule has 0 saturated carbocycles. The van der Waals surface area contributed by atoms with Crippen molar-refractivity contribution in [1.29, 1.82) is 0 Å². The quantitative estimate of drug-likeness (QED) is 0.104. The summed E-state index contributed by atoms with van der Waals surface area (Å²) in [6.07, 6.45) is 29.4. The molecule has 4 nitrogen and oxygen atoms in total. The molecule has 0 atom stereocenters. The minimum absolute atomic E-state index is 0.562. The van der Waals surface area contributed by atoms with Gasteiger partial charge in [0.25, 0.3) is 0 Å². The summed E-state index contributed by atoms with van der Waals surface area (Å²) in [6.45, 7) is 5.68. The van der Waals surface area contributed by atoms with Crippen LogP contribution < -0.4 is 9.47 Å². The average Bonchev–Trinajstić information content (AvgIpc) is 2.92. The van der Waals surface area contributed by atoms with Crippen molar-refractivity contribution in [2.24, 2.45) is 0 Å². The number of aliphatic hydroxyl groups is 2. The Hall–Kier alpha value is -2.46. The van der Waals surface area contributed by atoms with Gasteiger partial charge in [0.1, 0.15) is 23.7 Å². The van der Waals surface area contributed by atoms with E-state index in [1.165, 1.54) is 103 Å². The first-order valence-electron chi connectivity index (χ1n) is 15.5. The average molecular weight is 527 g/mol. The third-order valence-electron chi connectivity index (χ3n) is 6.97. The molecule has 0 radical (unpaired) electrons. The van der Waals surface area contributed by atoms with Crippen LogP contribution in [0.3, 0.4) is 0 Å². The predicted octanol–water partition coefficient (Wildman–Crippen LogP) is 9.65. The molecule has 0 fully saturated rings. The van der Waals surface area contributed by atoms with Gasteiger partial charge in [-0.1, -0.05) is 129 Å². The van der Waals surface area contributed by atoms with Crippen LogP contribution in [0.2, 0.25) is 0 Å². The Morgan fingerprint density at radius 3 is 1.05 bits per heavy atom. The first kappa shape index (κ1) is 33.6. The largest absolute Gasteiger partial charge is 0.492 e. The molecule has 0 aliphatic carbocycles. The fourth-order valence-electron chi connectivity index (χ4n) is 4.66. The van der Waals surface area contributed by atoms with Gasteiger partial charge in [-0.25, -0.2) is 0 Å². The highest BCUT2D eigenvalue weighted by Crippen LogP contribution is 2.29. The van der Waals surface area contributed by atoms with E-state index in [-0.39, 0.29) is 0 Å². The molecule has 0 spiro atoms. The Morgan fingerprint density at radius 1 is 0.474 bits per heavy atom. The van der Waals surface area contributed by atoms with Crippen molar-refractivity contribution in [3.8, 4) is 35.6 Å². The molecule has 1 aromatic rings. The third kappa shape index (κ3) is 17.1. The zero-order valence-corrected chi connectivity index (χ0v) is 24.4. The number of hydrogen-bond acceptors (Lipinski definition) is 4. The van der Waals surface area contributed by atoms with Gasteiger partial charge >= 0.3 is 0 Å². The van der Waals surface area contributed by atoms with E-state index in [4.69, 9.17) is 9.47 Å². The Balaban J connectivity index is 2.40. The zero-order valence-electron chi connectivity index (χ0n) is 24.4. The molecular formula is C34H54O4. The number of hydrogen-bond donors (Lipinski definition) is 2. The summed E-state index contributed by atoms with van der Waals surface area (Å²) in [6, 6.07) is 3.51. The second-order valence-corrected chi connectivity index (χ2v) is 10.4. The fourth-order valence-corrected chi connectivity index (χ4v) is 4.66. The molecule has 0 saturated heterocycles. The minimum atomic E-state index is 0.562. The van der Waals surface area contributed by atoms with Crippen LogP contribution in [0.1, 0.15) is 153 Å². The van der Waals surface area contributed by atoms with Crippen molar-refractivity contribution in [3.05, 3.63) is 23.3 Å². The molecule has 0 aliphatic rings. The van der Waals surface area contributed by atoms with Gasteiger partial charge in [0, 0.05) is 12.1 Å². The van der Waals surface area contributed by atoms with Crippen molar-refractivity contribution < 1.29 is 19.7 Å². The molecule has 38 heavy (non-hydrogen) atoms. The van der Waals surface area contributed by atoms with Gasteiger partial charge in [-0.05, 0) is 24.7 Å². The molecule has 4 heteroatoms. The fraction of sp³-hybridized carbons (Fsp3) is 0.706. The van der Waals surface area contributed by atoms with Crippen LogP contribution in [0.15, 0.2) is 12.1 Å². The molecule has 1 rings (SSSR count). The minimum Gasteiger partial charge on any atom is -0.492 e. The first-order valence-corrected chi connectivity index (χ1v) is 15.5. The van der Waals surface area contributed by atoms with Crippen LogP contribution >= 0.6 is 0 Å². The van der Waals surface area contributed by atoms with Crippen molar-refractivity contribution in [2.45, 2.75) is 142 Å². The van der Waals surface area contributed by atoms with E-state index in [0.717, 1.165) is 25.7 Å². The number of aliphatic hydroxyl groups excluding tert-OH is 2. The molecule has 0 amide bonds. The van der Waals surface area contributed by atoms with E-state index >= 15 is 0 Å². The second-order valence-electron chi connectivity index (χ2n) is 10.4. The maximum Gasteiger partial charge on any atom is 0.136 e. The molecule has 0 aliphatic heterocycles. The highest BCUT2D eigenvalue weighted by Gasteiger charge is 2.11. The summed E-state index contributed by atoms with van der Waals surface area (Å²) in [7, 11) is 0. The normalized spacial score (nSPS) is 10.4. The summed E-state index contributed by atoms with van der Waals surface area (Å²) in [5, 5.41) is 18.4. The van der Waals surface area contributed by atoms with E-state index in [1.807, 2.05) is 12.2 Å². The molecule has 0 unspecified atom stereocenters. The molecule has 0 bridgehead atoms. The van der Waals surface area contributed by atoms with E-state index in [9.17, 15) is 10.2 Å². The highest BCUT2D eigenvalue weighted by molar-refractivity contribution is 5.58. The summed E-state index contributed by atoms with van der Waals surface area (Å²) in [5.41, 5.74) is 1.14. The Labute approximate surface area is 233 Å². The van der Waals surface area contributed by atoms with Gasteiger partial charge < -0.3 is 19.7 Å². The topological polar surface area (TPSA) is 58.9 Å². The maximum atomic E-state index is 9.22. The van der Waals surface area contributed by atoms with Crippen molar-refractivity contribution in [3.63, 3.8) is 0 Å². The molecule has 0 heterocycles. The van der Waals surface area contributed by atoms with Crippen LogP contribution in [-0.2, 0) is 0 Å². The lowest BCUT2D eigenvalue weighted by Gasteiger charge is -2.13. The molecule has 1 aromatic carbocycles. The summed E-state index contributed by atoms with van der Waals surface area (Å²) >= 11 is 0. The second kappa shape index (κ2) is 24.9. The van der Waals surface area contributed by atoms with Crippen molar-refractivity contribution >= 4 is 0 Å². The van der Waals surface area contributed by atoms with Crippen LogP contribution in [0, 0.1) is 24.1 Å². The lowest BCUT2D eigenvalue weighted by atomic mass is 10.1. The number of ether oxygens (including phenoxy) is 2. The van der Waals surface area contributed by atoms with Gasteiger partial charge in [0.2, 0.25) is 0 Å². The SMILES string of the molecule is CCCCCCCCCCCCOc1cc(C#CO)c(OCCCCCCCCCCCC)cc1C#CO. The molecule has 0 aromatic heterocycles. The third-order valence-corrected chi connectivity index (χ3v) is 6.97.